The molecule has 0 saturated heterocycles. The minimum atomic E-state index is 0.545. The summed E-state index contributed by atoms with van der Waals surface area (Å²) >= 11 is 0. The maximum absolute atomic E-state index is 4.87. The Morgan fingerprint density at radius 3 is 2.69 bits per heavy atom. The van der Waals surface area contributed by atoms with Crippen molar-refractivity contribution in [3.8, 4) is 0 Å². The fraction of sp³-hybridized carbons (Fsp3) is 0.333. The van der Waals surface area contributed by atoms with Crippen LogP contribution in [0.2, 0.25) is 0 Å². The van der Waals surface area contributed by atoms with E-state index in [9.17, 15) is 0 Å². The van der Waals surface area contributed by atoms with Crippen LogP contribution in [0.3, 0.4) is 0 Å². The van der Waals surface area contributed by atoms with Crippen LogP contribution in [0.1, 0.15) is 18.4 Å². The minimum absolute atomic E-state index is 0.545. The first-order valence-electron chi connectivity index (χ1n) is 5.71. The number of ether oxygens (including phenoxy) is 1. The molecule has 0 amide bonds. The van der Waals surface area contributed by atoms with Gasteiger partial charge in [0.1, 0.15) is 0 Å². The molecule has 0 heterocycles. The second-order valence-electron chi connectivity index (χ2n) is 3.87. The van der Waals surface area contributed by atoms with Crippen molar-refractivity contribution in [3.63, 3.8) is 0 Å². The number of hydrogen-bond acceptors (Lipinski definition) is 1. The van der Waals surface area contributed by atoms with Gasteiger partial charge < -0.3 is 4.74 Å². The summed E-state index contributed by atoms with van der Waals surface area (Å²) in [7, 11) is 1.67. The van der Waals surface area contributed by atoms with Crippen molar-refractivity contribution in [2.45, 2.75) is 19.3 Å². The van der Waals surface area contributed by atoms with E-state index in [0.29, 0.717) is 5.92 Å². The van der Waals surface area contributed by atoms with Gasteiger partial charge in [0.15, 0.2) is 0 Å². The van der Waals surface area contributed by atoms with Crippen molar-refractivity contribution in [2.75, 3.05) is 7.11 Å². The molecule has 1 heteroatoms. The van der Waals surface area contributed by atoms with Crippen molar-refractivity contribution in [1.29, 1.82) is 0 Å². The third kappa shape index (κ3) is 4.83. The number of allylic oxidation sites excluding steroid dienone is 2. The SMILES string of the molecule is C=CC(CCC=COC)Cc1ccccc1. The van der Waals surface area contributed by atoms with Crippen LogP contribution in [0.15, 0.2) is 55.3 Å². The van der Waals surface area contributed by atoms with E-state index >= 15 is 0 Å². The Balaban J connectivity index is 2.37. The minimum Gasteiger partial charge on any atom is -0.505 e. The summed E-state index contributed by atoms with van der Waals surface area (Å²) in [6.07, 6.45) is 9.08. The fourth-order valence-electron chi connectivity index (χ4n) is 1.69. The average Bonchev–Trinajstić information content (AvgIpc) is 2.34. The van der Waals surface area contributed by atoms with Crippen LogP contribution in [0.5, 0.6) is 0 Å². The summed E-state index contributed by atoms with van der Waals surface area (Å²) < 4.78 is 4.87. The standard InChI is InChI=1S/C15H20O/c1-3-14(9-7-8-12-16-2)13-15-10-5-4-6-11-15/h3-6,8,10-12,14H,1,7,9,13H2,2H3. The molecule has 1 rings (SSSR count). The molecule has 1 atom stereocenters. The topological polar surface area (TPSA) is 9.23 Å². The highest BCUT2D eigenvalue weighted by Gasteiger charge is 2.03. The van der Waals surface area contributed by atoms with Gasteiger partial charge in [0.25, 0.3) is 0 Å². The van der Waals surface area contributed by atoms with E-state index in [0.717, 1.165) is 19.3 Å². The average molecular weight is 216 g/mol. The molecule has 0 bridgehead atoms. The van der Waals surface area contributed by atoms with Crippen molar-refractivity contribution in [1.82, 2.24) is 0 Å². The highest BCUT2D eigenvalue weighted by Crippen LogP contribution is 2.15. The second-order valence-corrected chi connectivity index (χ2v) is 3.87. The van der Waals surface area contributed by atoms with Gasteiger partial charge in [-0.3, -0.25) is 0 Å². The van der Waals surface area contributed by atoms with Gasteiger partial charge in [-0.2, -0.15) is 0 Å². The molecule has 1 aromatic rings. The summed E-state index contributed by atoms with van der Waals surface area (Å²) in [4.78, 5) is 0. The van der Waals surface area contributed by atoms with Crippen molar-refractivity contribution in [3.05, 3.63) is 60.9 Å². The largest absolute Gasteiger partial charge is 0.505 e. The number of hydrogen-bond donors (Lipinski definition) is 0. The molecule has 1 unspecified atom stereocenters. The molecule has 0 aliphatic carbocycles. The van der Waals surface area contributed by atoms with Crippen LogP contribution in [-0.4, -0.2) is 7.11 Å². The quantitative estimate of drug-likeness (QED) is 0.495. The van der Waals surface area contributed by atoms with E-state index in [4.69, 9.17) is 4.74 Å². The highest BCUT2D eigenvalue weighted by molar-refractivity contribution is 5.16. The lowest BCUT2D eigenvalue weighted by atomic mass is 9.95. The molecule has 1 nitrogen and oxygen atoms in total. The van der Waals surface area contributed by atoms with Crippen LogP contribution in [0.4, 0.5) is 0 Å². The zero-order chi connectivity index (χ0) is 11.6. The van der Waals surface area contributed by atoms with E-state index < -0.39 is 0 Å². The lowest BCUT2D eigenvalue weighted by molar-refractivity contribution is 0.336. The van der Waals surface area contributed by atoms with E-state index in [1.54, 1.807) is 13.4 Å². The van der Waals surface area contributed by atoms with E-state index in [-0.39, 0.29) is 0 Å². The Kier molecular flexibility index (Phi) is 6.09. The number of methoxy groups -OCH3 is 1. The molecule has 0 fully saturated rings. The predicted octanol–water partition coefficient (Wildman–Crippen LogP) is 3.97. The van der Waals surface area contributed by atoms with Crippen molar-refractivity contribution in [2.24, 2.45) is 5.92 Å². The molecular formula is C15H20O. The number of rotatable bonds is 7. The predicted molar refractivity (Wildman–Crippen MR) is 69.2 cm³/mol. The molecule has 0 aromatic heterocycles. The summed E-state index contributed by atoms with van der Waals surface area (Å²) in [5.41, 5.74) is 1.38. The Hall–Kier alpha value is -1.50. The molecule has 0 spiro atoms. The Bertz CT molecular complexity index is 313. The maximum atomic E-state index is 4.87. The Labute approximate surface area is 98.5 Å². The maximum Gasteiger partial charge on any atom is 0.0784 e. The summed E-state index contributed by atoms with van der Waals surface area (Å²) in [5.74, 6) is 0.545. The van der Waals surface area contributed by atoms with Gasteiger partial charge in [0.05, 0.1) is 13.4 Å². The van der Waals surface area contributed by atoms with Gasteiger partial charge >= 0.3 is 0 Å². The monoisotopic (exact) mass is 216 g/mol. The van der Waals surface area contributed by atoms with Crippen molar-refractivity contribution < 1.29 is 4.74 Å². The van der Waals surface area contributed by atoms with Gasteiger partial charge in [-0.25, -0.2) is 0 Å². The fourth-order valence-corrected chi connectivity index (χ4v) is 1.69. The van der Waals surface area contributed by atoms with Gasteiger partial charge in [-0.1, -0.05) is 36.4 Å². The smallest absolute Gasteiger partial charge is 0.0784 e. The molecule has 0 N–H and O–H groups in total. The first-order valence-corrected chi connectivity index (χ1v) is 5.71. The van der Waals surface area contributed by atoms with Gasteiger partial charge in [0, 0.05) is 0 Å². The highest BCUT2D eigenvalue weighted by atomic mass is 16.5. The lowest BCUT2D eigenvalue weighted by Crippen LogP contribution is -2.00. The Morgan fingerprint density at radius 1 is 1.31 bits per heavy atom. The second kappa shape index (κ2) is 7.75. The van der Waals surface area contributed by atoms with Crippen molar-refractivity contribution >= 4 is 0 Å². The molecule has 0 radical (unpaired) electrons. The van der Waals surface area contributed by atoms with Gasteiger partial charge in [-0.15, -0.1) is 6.58 Å². The Morgan fingerprint density at radius 2 is 2.06 bits per heavy atom. The molecule has 1 aromatic carbocycles. The van der Waals surface area contributed by atoms with Crippen LogP contribution in [0, 0.1) is 5.92 Å². The van der Waals surface area contributed by atoms with E-state index in [1.807, 2.05) is 12.1 Å². The van der Waals surface area contributed by atoms with E-state index in [1.165, 1.54) is 5.56 Å². The summed E-state index contributed by atoms with van der Waals surface area (Å²) in [5, 5.41) is 0. The van der Waals surface area contributed by atoms with Gasteiger partial charge in [0.2, 0.25) is 0 Å². The third-order valence-electron chi connectivity index (χ3n) is 2.61. The molecule has 0 aliphatic heterocycles. The molecule has 16 heavy (non-hydrogen) atoms. The van der Waals surface area contributed by atoms with Crippen LogP contribution in [0.25, 0.3) is 0 Å². The first kappa shape index (κ1) is 12.6. The molecular weight excluding hydrogens is 196 g/mol. The number of benzene rings is 1. The molecule has 0 aliphatic rings. The molecule has 86 valence electrons. The normalized spacial score (nSPS) is 12.6. The van der Waals surface area contributed by atoms with Gasteiger partial charge in [-0.05, 0) is 36.8 Å². The lowest BCUT2D eigenvalue weighted by Gasteiger charge is -2.10. The molecule has 0 saturated carbocycles. The first-order chi connectivity index (χ1) is 7.86. The zero-order valence-corrected chi connectivity index (χ0v) is 9.93. The summed E-state index contributed by atoms with van der Waals surface area (Å²) in [6, 6.07) is 10.6. The van der Waals surface area contributed by atoms with Crippen LogP contribution >= 0.6 is 0 Å². The summed E-state index contributed by atoms with van der Waals surface area (Å²) in [6.45, 7) is 3.90. The van der Waals surface area contributed by atoms with Crippen LogP contribution in [-0.2, 0) is 11.2 Å². The zero-order valence-electron chi connectivity index (χ0n) is 9.93. The third-order valence-corrected chi connectivity index (χ3v) is 2.61. The van der Waals surface area contributed by atoms with E-state index in [2.05, 4.69) is 36.9 Å². The van der Waals surface area contributed by atoms with Crippen LogP contribution < -0.4 is 0 Å².